The van der Waals surface area contributed by atoms with Crippen LogP contribution in [0.3, 0.4) is 0 Å². The van der Waals surface area contributed by atoms with Crippen molar-refractivity contribution in [3.8, 4) is 11.5 Å². The quantitative estimate of drug-likeness (QED) is 0.407. The molecule has 168 valence electrons. The van der Waals surface area contributed by atoms with Crippen molar-refractivity contribution in [1.82, 2.24) is 0 Å². The maximum atomic E-state index is 13.6. The van der Waals surface area contributed by atoms with Crippen LogP contribution in [0.25, 0.3) is 0 Å². The highest BCUT2D eigenvalue weighted by molar-refractivity contribution is 5.93. The Morgan fingerprint density at radius 1 is 0.818 bits per heavy atom. The lowest BCUT2D eigenvalue weighted by Crippen LogP contribution is -2.17. The molecule has 33 heavy (non-hydrogen) atoms. The number of hydrogen-bond acceptors (Lipinski definition) is 4. The molecule has 1 heterocycles. The van der Waals surface area contributed by atoms with E-state index in [9.17, 15) is 9.59 Å². The second-order valence-electron chi connectivity index (χ2n) is 8.89. The average molecular weight is 441 g/mol. The Hall–Kier alpha value is -3.40. The number of esters is 1. The molecule has 0 radical (unpaired) electrons. The fourth-order valence-electron chi connectivity index (χ4n) is 5.28. The molecule has 3 unspecified atom stereocenters. The molecule has 0 N–H and O–H groups in total. The van der Waals surface area contributed by atoms with Crippen molar-refractivity contribution in [3.05, 3.63) is 95.6 Å². The van der Waals surface area contributed by atoms with E-state index in [-0.39, 0.29) is 35.4 Å². The van der Waals surface area contributed by atoms with Crippen LogP contribution in [0.1, 0.15) is 42.4 Å². The van der Waals surface area contributed by atoms with Gasteiger partial charge in [-0.05, 0) is 43.4 Å². The van der Waals surface area contributed by atoms with E-state index in [1.165, 1.54) is 5.56 Å². The Labute approximate surface area is 194 Å². The second-order valence-corrected chi connectivity index (χ2v) is 8.89. The van der Waals surface area contributed by atoms with Crippen LogP contribution in [0.4, 0.5) is 0 Å². The van der Waals surface area contributed by atoms with Crippen LogP contribution >= 0.6 is 0 Å². The summed E-state index contributed by atoms with van der Waals surface area (Å²) in [6.07, 6.45) is 2.03. The fourth-order valence-corrected chi connectivity index (χ4v) is 5.28. The third kappa shape index (κ3) is 4.30. The summed E-state index contributed by atoms with van der Waals surface area (Å²) in [7, 11) is 0. The number of carbonyl (C=O) groups excluding carboxylic acids is 2. The summed E-state index contributed by atoms with van der Waals surface area (Å²) in [5.41, 5.74) is 3.28. The summed E-state index contributed by atoms with van der Waals surface area (Å²) in [4.78, 5) is 26.2. The van der Waals surface area contributed by atoms with Gasteiger partial charge in [-0.1, -0.05) is 66.7 Å². The number of aryl methyl sites for hydroxylation is 1. The Morgan fingerprint density at radius 2 is 1.42 bits per heavy atom. The topological polar surface area (TPSA) is 52.6 Å². The van der Waals surface area contributed by atoms with Crippen LogP contribution < -0.4 is 4.74 Å². The predicted octanol–water partition coefficient (Wildman–Crippen LogP) is 5.94. The summed E-state index contributed by atoms with van der Waals surface area (Å²) in [5, 5.41) is 0. The third-order valence-corrected chi connectivity index (χ3v) is 6.92. The number of rotatable bonds is 8. The molecule has 3 atom stereocenters. The van der Waals surface area contributed by atoms with E-state index in [0.29, 0.717) is 13.0 Å². The van der Waals surface area contributed by atoms with Gasteiger partial charge in [-0.2, -0.15) is 0 Å². The van der Waals surface area contributed by atoms with Crippen LogP contribution in [0, 0.1) is 17.8 Å². The van der Waals surface area contributed by atoms with E-state index in [1.54, 1.807) is 0 Å². The van der Waals surface area contributed by atoms with Gasteiger partial charge in [0.1, 0.15) is 17.3 Å². The molecule has 2 aliphatic rings. The van der Waals surface area contributed by atoms with Crippen LogP contribution in [-0.2, 0) is 20.7 Å². The molecule has 3 aromatic carbocycles. The van der Waals surface area contributed by atoms with Crippen molar-refractivity contribution in [3.63, 3.8) is 0 Å². The standard InChI is InChI=1S/C29H28O4/c1-2-32-29(31)28-22(17-16-19-10-4-3-5-11-19)27(28)24(30)18-23-20-12-6-8-14-25(20)33-26-15-9-7-13-21(23)26/h3-15,22-23,27-28H,2,16-18H2,1H3. The minimum absolute atomic E-state index is 0.0436. The molecular formula is C29H28O4. The fraction of sp³-hybridized carbons (Fsp3) is 0.310. The first-order valence-corrected chi connectivity index (χ1v) is 11.8. The molecule has 1 fully saturated rings. The van der Waals surface area contributed by atoms with Gasteiger partial charge in [0.25, 0.3) is 0 Å². The minimum Gasteiger partial charge on any atom is -0.466 e. The van der Waals surface area contributed by atoms with Gasteiger partial charge in [0, 0.05) is 29.4 Å². The molecule has 1 saturated carbocycles. The zero-order chi connectivity index (χ0) is 22.8. The van der Waals surface area contributed by atoms with Crippen molar-refractivity contribution < 1.29 is 19.1 Å². The first kappa shape index (κ1) is 21.4. The molecule has 5 rings (SSSR count). The molecule has 4 heteroatoms. The molecule has 1 aliphatic carbocycles. The van der Waals surface area contributed by atoms with Crippen LogP contribution in [-0.4, -0.2) is 18.4 Å². The van der Waals surface area contributed by atoms with Gasteiger partial charge >= 0.3 is 5.97 Å². The van der Waals surface area contributed by atoms with Gasteiger partial charge in [-0.25, -0.2) is 0 Å². The van der Waals surface area contributed by atoms with Gasteiger partial charge in [0.05, 0.1) is 12.5 Å². The number of fused-ring (bicyclic) bond motifs is 2. The number of benzene rings is 3. The maximum absolute atomic E-state index is 13.6. The summed E-state index contributed by atoms with van der Waals surface area (Å²) >= 11 is 0. The molecule has 0 amide bonds. The largest absolute Gasteiger partial charge is 0.466 e. The minimum atomic E-state index is -0.327. The first-order valence-electron chi connectivity index (χ1n) is 11.8. The number of ether oxygens (including phenoxy) is 2. The van der Waals surface area contributed by atoms with Crippen molar-refractivity contribution in [2.75, 3.05) is 6.61 Å². The van der Waals surface area contributed by atoms with E-state index in [2.05, 4.69) is 12.1 Å². The summed E-state index contributed by atoms with van der Waals surface area (Å²) in [6.45, 7) is 2.15. The Balaban J connectivity index is 1.36. The van der Waals surface area contributed by atoms with E-state index in [1.807, 2.05) is 73.7 Å². The number of hydrogen-bond donors (Lipinski definition) is 0. The van der Waals surface area contributed by atoms with E-state index < -0.39 is 0 Å². The van der Waals surface area contributed by atoms with Crippen LogP contribution in [0.15, 0.2) is 78.9 Å². The highest BCUT2D eigenvalue weighted by Crippen LogP contribution is 2.53. The Kier molecular flexibility index (Phi) is 5.99. The van der Waals surface area contributed by atoms with Crippen molar-refractivity contribution >= 4 is 11.8 Å². The highest BCUT2D eigenvalue weighted by atomic mass is 16.5. The van der Waals surface area contributed by atoms with E-state index in [0.717, 1.165) is 35.5 Å². The predicted molar refractivity (Wildman–Crippen MR) is 126 cm³/mol. The molecular weight excluding hydrogens is 412 g/mol. The summed E-state index contributed by atoms with van der Waals surface area (Å²) in [5.74, 6) is 0.879. The molecule has 0 spiro atoms. The normalized spacial score (nSPS) is 20.8. The van der Waals surface area contributed by atoms with Gasteiger partial charge in [-0.3, -0.25) is 9.59 Å². The number of Topliss-reactive ketones (excluding diaryl/α,β-unsaturated/α-hetero) is 1. The molecule has 0 bridgehead atoms. The van der Waals surface area contributed by atoms with Crippen molar-refractivity contribution in [2.45, 2.75) is 32.1 Å². The van der Waals surface area contributed by atoms with Crippen molar-refractivity contribution in [2.24, 2.45) is 17.8 Å². The Morgan fingerprint density at radius 3 is 2.06 bits per heavy atom. The van der Waals surface area contributed by atoms with Crippen LogP contribution in [0.2, 0.25) is 0 Å². The third-order valence-electron chi connectivity index (χ3n) is 6.92. The molecule has 1 aliphatic heterocycles. The van der Waals surface area contributed by atoms with Gasteiger partial charge in [0.2, 0.25) is 0 Å². The molecule has 0 aromatic heterocycles. The highest BCUT2D eigenvalue weighted by Gasteiger charge is 2.58. The van der Waals surface area contributed by atoms with E-state index in [4.69, 9.17) is 9.47 Å². The maximum Gasteiger partial charge on any atom is 0.309 e. The summed E-state index contributed by atoms with van der Waals surface area (Å²) < 4.78 is 11.4. The summed E-state index contributed by atoms with van der Waals surface area (Å²) in [6, 6.07) is 26.0. The van der Waals surface area contributed by atoms with Gasteiger partial charge in [-0.15, -0.1) is 0 Å². The lowest BCUT2D eigenvalue weighted by Gasteiger charge is -2.28. The average Bonchev–Trinajstić information content (AvgIpc) is 3.58. The molecule has 4 nitrogen and oxygen atoms in total. The van der Waals surface area contributed by atoms with Gasteiger partial charge < -0.3 is 9.47 Å². The zero-order valence-corrected chi connectivity index (χ0v) is 18.8. The number of carbonyl (C=O) groups is 2. The zero-order valence-electron chi connectivity index (χ0n) is 18.8. The van der Waals surface area contributed by atoms with E-state index >= 15 is 0 Å². The van der Waals surface area contributed by atoms with Crippen LogP contribution in [0.5, 0.6) is 11.5 Å². The lowest BCUT2D eigenvalue weighted by molar-refractivity contribution is -0.146. The molecule has 0 saturated heterocycles. The SMILES string of the molecule is CCOC(=O)C1C(CCc2ccccc2)C1C(=O)CC1c2ccccc2Oc2ccccc21. The smallest absolute Gasteiger partial charge is 0.309 e. The van der Waals surface area contributed by atoms with Crippen molar-refractivity contribution in [1.29, 1.82) is 0 Å². The first-order chi connectivity index (χ1) is 16.2. The lowest BCUT2D eigenvalue weighted by atomic mass is 9.83. The number of ketones is 1. The monoisotopic (exact) mass is 440 g/mol. The Bertz CT molecular complexity index is 1110. The second kappa shape index (κ2) is 9.22. The molecule has 3 aromatic rings. The number of para-hydroxylation sites is 2. The van der Waals surface area contributed by atoms with Gasteiger partial charge in [0.15, 0.2) is 0 Å².